The van der Waals surface area contributed by atoms with Crippen LogP contribution in [0.5, 0.6) is 0 Å². The number of aryl methyl sites for hydroxylation is 1. The van der Waals surface area contributed by atoms with Crippen molar-refractivity contribution >= 4 is 31.6 Å². The molecule has 0 aliphatic carbocycles. The van der Waals surface area contributed by atoms with Crippen molar-refractivity contribution in [2.75, 3.05) is 23.5 Å². The average molecular weight is 348 g/mol. The molecule has 2 heterocycles. The SMILES string of the molecule is CCCc1nc(Br)cc(N(C)C2CCS(=O)(=O)C2)n1. The lowest BCUT2D eigenvalue weighted by Crippen LogP contribution is -2.33. The van der Waals surface area contributed by atoms with Crippen molar-refractivity contribution in [2.24, 2.45) is 0 Å². The fraction of sp³-hybridized carbons (Fsp3) is 0.667. The van der Waals surface area contributed by atoms with Gasteiger partial charge in [-0.2, -0.15) is 0 Å². The van der Waals surface area contributed by atoms with Crippen LogP contribution in [0.15, 0.2) is 10.7 Å². The number of hydrogen-bond donors (Lipinski definition) is 0. The Hall–Kier alpha value is -0.690. The van der Waals surface area contributed by atoms with Gasteiger partial charge in [-0.05, 0) is 28.8 Å². The van der Waals surface area contributed by atoms with Crippen molar-refractivity contribution < 1.29 is 8.42 Å². The number of nitrogens with zero attached hydrogens (tertiary/aromatic N) is 3. The third-order valence-electron chi connectivity index (χ3n) is 3.32. The average Bonchev–Trinajstić information content (AvgIpc) is 2.68. The molecule has 1 fully saturated rings. The Morgan fingerprint density at radius 3 is 2.79 bits per heavy atom. The third kappa shape index (κ3) is 3.66. The number of hydrogen-bond acceptors (Lipinski definition) is 5. The zero-order valence-electron chi connectivity index (χ0n) is 11.1. The van der Waals surface area contributed by atoms with E-state index in [0.29, 0.717) is 6.42 Å². The van der Waals surface area contributed by atoms with Crippen LogP contribution in [0.1, 0.15) is 25.6 Å². The van der Waals surface area contributed by atoms with E-state index in [0.717, 1.165) is 29.1 Å². The van der Waals surface area contributed by atoms with E-state index in [1.165, 1.54) is 0 Å². The molecule has 1 atom stereocenters. The van der Waals surface area contributed by atoms with Crippen molar-refractivity contribution in [3.63, 3.8) is 0 Å². The normalized spacial score (nSPS) is 21.5. The van der Waals surface area contributed by atoms with Gasteiger partial charge in [-0.15, -0.1) is 0 Å². The van der Waals surface area contributed by atoms with Gasteiger partial charge in [-0.25, -0.2) is 18.4 Å². The molecular formula is C12H18BrN3O2S. The summed E-state index contributed by atoms with van der Waals surface area (Å²) in [6.45, 7) is 2.08. The maximum absolute atomic E-state index is 11.5. The predicted molar refractivity (Wildman–Crippen MR) is 79.2 cm³/mol. The van der Waals surface area contributed by atoms with E-state index in [2.05, 4.69) is 32.8 Å². The van der Waals surface area contributed by atoms with Crippen molar-refractivity contribution in [3.05, 3.63) is 16.5 Å². The first kappa shape index (κ1) is 14.7. The fourth-order valence-corrected chi connectivity index (χ4v) is 4.42. The number of sulfone groups is 1. The molecule has 5 nitrogen and oxygen atoms in total. The first-order valence-corrected chi connectivity index (χ1v) is 8.99. The van der Waals surface area contributed by atoms with E-state index < -0.39 is 9.84 Å². The topological polar surface area (TPSA) is 63.2 Å². The smallest absolute Gasteiger partial charge is 0.152 e. The van der Waals surface area contributed by atoms with Crippen molar-refractivity contribution in [2.45, 2.75) is 32.2 Å². The summed E-state index contributed by atoms with van der Waals surface area (Å²) in [5.41, 5.74) is 0. The minimum Gasteiger partial charge on any atom is -0.355 e. The number of rotatable bonds is 4. The van der Waals surface area contributed by atoms with Crippen LogP contribution < -0.4 is 4.90 Å². The van der Waals surface area contributed by atoms with Gasteiger partial charge in [0.1, 0.15) is 16.2 Å². The molecular weight excluding hydrogens is 330 g/mol. The van der Waals surface area contributed by atoms with Gasteiger partial charge in [0.05, 0.1) is 11.5 Å². The van der Waals surface area contributed by atoms with E-state index in [1.54, 1.807) is 0 Å². The number of halogens is 1. The summed E-state index contributed by atoms with van der Waals surface area (Å²) < 4.78 is 23.8. The second kappa shape index (κ2) is 5.75. The molecule has 0 spiro atoms. The molecule has 7 heteroatoms. The van der Waals surface area contributed by atoms with Crippen LogP contribution in [0.25, 0.3) is 0 Å². The summed E-state index contributed by atoms with van der Waals surface area (Å²) >= 11 is 3.39. The maximum Gasteiger partial charge on any atom is 0.152 e. The van der Waals surface area contributed by atoms with Crippen molar-refractivity contribution in [1.29, 1.82) is 0 Å². The van der Waals surface area contributed by atoms with Crippen LogP contribution in [-0.2, 0) is 16.3 Å². The number of aromatic nitrogens is 2. The lowest BCUT2D eigenvalue weighted by atomic mass is 10.2. The molecule has 1 aromatic heterocycles. The van der Waals surface area contributed by atoms with Gasteiger partial charge < -0.3 is 4.90 Å². The molecule has 106 valence electrons. The summed E-state index contributed by atoms with van der Waals surface area (Å²) in [5, 5.41) is 0. The second-order valence-electron chi connectivity index (χ2n) is 4.88. The molecule has 0 aromatic carbocycles. The Morgan fingerprint density at radius 1 is 1.47 bits per heavy atom. The Balaban J connectivity index is 2.21. The highest BCUT2D eigenvalue weighted by molar-refractivity contribution is 9.10. The van der Waals surface area contributed by atoms with Crippen molar-refractivity contribution in [3.8, 4) is 0 Å². The van der Waals surface area contributed by atoms with Gasteiger partial charge in [-0.1, -0.05) is 6.92 Å². The molecule has 1 aromatic rings. The lowest BCUT2D eigenvalue weighted by molar-refractivity contribution is 0.600. The quantitative estimate of drug-likeness (QED) is 0.777. The van der Waals surface area contributed by atoms with Crippen LogP contribution >= 0.6 is 15.9 Å². The maximum atomic E-state index is 11.5. The van der Waals surface area contributed by atoms with Gasteiger partial charge in [-0.3, -0.25) is 0 Å². The second-order valence-corrected chi connectivity index (χ2v) is 7.92. The molecule has 0 bridgehead atoms. The lowest BCUT2D eigenvalue weighted by Gasteiger charge is -2.24. The van der Waals surface area contributed by atoms with Gasteiger partial charge in [0, 0.05) is 25.6 Å². The van der Waals surface area contributed by atoms with E-state index in [4.69, 9.17) is 0 Å². The highest BCUT2D eigenvalue weighted by Crippen LogP contribution is 2.23. The number of anilines is 1. The molecule has 0 N–H and O–H groups in total. The molecule has 1 unspecified atom stereocenters. The molecule has 1 aliphatic heterocycles. The monoisotopic (exact) mass is 347 g/mol. The molecule has 0 amide bonds. The Bertz CT molecular complexity index is 562. The zero-order chi connectivity index (χ0) is 14.0. The molecule has 19 heavy (non-hydrogen) atoms. The Morgan fingerprint density at radius 2 is 2.21 bits per heavy atom. The summed E-state index contributed by atoms with van der Waals surface area (Å²) in [4.78, 5) is 10.8. The molecule has 1 saturated heterocycles. The van der Waals surface area contributed by atoms with E-state index in [-0.39, 0.29) is 17.5 Å². The van der Waals surface area contributed by atoms with E-state index in [1.807, 2.05) is 18.0 Å². The van der Waals surface area contributed by atoms with Crippen LogP contribution in [0.2, 0.25) is 0 Å². The van der Waals surface area contributed by atoms with Gasteiger partial charge >= 0.3 is 0 Å². The van der Waals surface area contributed by atoms with Crippen LogP contribution in [0, 0.1) is 0 Å². The fourth-order valence-electron chi connectivity index (χ4n) is 2.24. The molecule has 0 saturated carbocycles. The van der Waals surface area contributed by atoms with Gasteiger partial charge in [0.15, 0.2) is 9.84 Å². The van der Waals surface area contributed by atoms with Gasteiger partial charge in [0.2, 0.25) is 0 Å². The molecule has 2 rings (SSSR count). The molecule has 1 aliphatic rings. The summed E-state index contributed by atoms with van der Waals surface area (Å²) in [7, 11) is -0.977. The first-order valence-electron chi connectivity index (χ1n) is 6.38. The van der Waals surface area contributed by atoms with Crippen LogP contribution in [-0.4, -0.2) is 43.0 Å². The van der Waals surface area contributed by atoms with Gasteiger partial charge in [0.25, 0.3) is 0 Å². The summed E-state index contributed by atoms with van der Waals surface area (Å²) in [5.74, 6) is 2.07. The Labute approximate surface area is 122 Å². The minimum absolute atomic E-state index is 0.0151. The van der Waals surface area contributed by atoms with Crippen LogP contribution in [0.3, 0.4) is 0 Å². The summed E-state index contributed by atoms with van der Waals surface area (Å²) in [6.07, 6.45) is 2.48. The zero-order valence-corrected chi connectivity index (χ0v) is 13.5. The van der Waals surface area contributed by atoms with Crippen LogP contribution in [0.4, 0.5) is 5.82 Å². The Kier molecular flexibility index (Phi) is 4.45. The minimum atomic E-state index is -2.88. The van der Waals surface area contributed by atoms with E-state index >= 15 is 0 Å². The molecule has 0 radical (unpaired) electrons. The highest BCUT2D eigenvalue weighted by Gasteiger charge is 2.31. The highest BCUT2D eigenvalue weighted by atomic mass is 79.9. The predicted octanol–water partition coefficient (Wildman–Crippen LogP) is 1.81. The largest absolute Gasteiger partial charge is 0.355 e. The first-order chi connectivity index (χ1) is 8.91. The third-order valence-corrected chi connectivity index (χ3v) is 5.48. The standard InChI is InChI=1S/C12H18BrN3O2S/c1-3-4-11-14-10(13)7-12(15-11)16(2)9-5-6-19(17,18)8-9/h7,9H,3-6,8H2,1-2H3. The summed E-state index contributed by atoms with van der Waals surface area (Å²) in [6, 6.07) is 1.85. The van der Waals surface area contributed by atoms with Crippen molar-refractivity contribution in [1.82, 2.24) is 9.97 Å². The van der Waals surface area contributed by atoms with E-state index in [9.17, 15) is 8.42 Å².